The number of benzene rings is 7. The van der Waals surface area contributed by atoms with E-state index in [2.05, 4.69) is 228 Å². The van der Waals surface area contributed by atoms with Crippen LogP contribution in [0, 0.1) is 118 Å². The molecule has 10 heterocycles. The zero-order chi connectivity index (χ0) is 86.9. The molecule has 0 saturated heterocycles. The monoisotopic (exact) mass is 1580 g/mol. The van der Waals surface area contributed by atoms with Crippen LogP contribution in [-0.4, -0.2) is 94.7 Å². The number of rotatable bonds is 0. The molecule has 10 aromatic heterocycles. The molecule has 17 rings (SSSR count). The van der Waals surface area contributed by atoms with Crippen LogP contribution in [0.3, 0.4) is 0 Å². The van der Waals surface area contributed by atoms with Gasteiger partial charge in [-0.2, -0.15) is 0 Å². The van der Waals surface area contributed by atoms with E-state index in [1.807, 2.05) is 257 Å². The first-order chi connectivity index (χ1) is 57.7. The van der Waals surface area contributed by atoms with E-state index in [1.54, 1.807) is 80.4 Å². The van der Waals surface area contributed by atoms with Gasteiger partial charge in [-0.3, -0.25) is 15.0 Å². The van der Waals surface area contributed by atoms with Crippen LogP contribution in [0.5, 0.6) is 0 Å². The number of aromatic nitrogens is 19. The van der Waals surface area contributed by atoms with Crippen LogP contribution in [-0.2, 0) is 0 Å². The van der Waals surface area contributed by atoms with Crippen molar-refractivity contribution in [1.29, 1.82) is 0 Å². The van der Waals surface area contributed by atoms with Gasteiger partial charge in [0.2, 0.25) is 0 Å². The maximum Gasteiger partial charge on any atom is 0.128 e. The Morgan fingerprint density at radius 1 is 0.126 bits per heavy atom. The second kappa shape index (κ2) is 73.6. The first-order valence-electron chi connectivity index (χ1n) is 38.2. The van der Waals surface area contributed by atoms with Crippen molar-refractivity contribution in [2.24, 2.45) is 0 Å². The Balaban J connectivity index is 0.000000632. The van der Waals surface area contributed by atoms with Gasteiger partial charge >= 0.3 is 0 Å². The largest absolute Gasteiger partial charge is 0.265 e. The summed E-state index contributed by atoms with van der Waals surface area (Å²) in [5, 5.41) is 0. The molecule has 119 heavy (non-hydrogen) atoms. The highest BCUT2D eigenvalue weighted by Crippen LogP contribution is 1.99. The summed E-state index contributed by atoms with van der Waals surface area (Å²) < 4.78 is 0. The van der Waals surface area contributed by atoms with Gasteiger partial charge in [-0.15, -0.1) is 0 Å². The molecule has 0 N–H and O–H groups in total. The first-order valence-corrected chi connectivity index (χ1v) is 38.2. The lowest BCUT2D eigenvalue weighted by Crippen LogP contribution is -1.84. The number of nitrogens with zero attached hydrogens (tertiary/aromatic N) is 19. The Bertz CT molecular complexity index is 3590. The van der Waals surface area contributed by atoms with Crippen LogP contribution in [0.1, 0.15) is 95.8 Å². The smallest absolute Gasteiger partial charge is 0.128 e. The molecule has 19 heteroatoms. The van der Waals surface area contributed by atoms with Crippen molar-refractivity contribution in [3.8, 4) is 0 Å². The lowest BCUT2D eigenvalue weighted by Gasteiger charge is -1.82. The second-order valence-corrected chi connectivity index (χ2v) is 25.3. The van der Waals surface area contributed by atoms with Crippen LogP contribution in [0.25, 0.3) is 0 Å². The summed E-state index contributed by atoms with van der Waals surface area (Å²) in [6, 6.07) is 91.1. The second-order valence-electron chi connectivity index (χ2n) is 25.3. The van der Waals surface area contributed by atoms with Crippen molar-refractivity contribution >= 4 is 0 Å². The number of aryl methyl sites for hydroxylation is 17. The molecular weight excluding hydrogens is 1470 g/mol. The van der Waals surface area contributed by atoms with Gasteiger partial charge < -0.3 is 0 Å². The predicted molar refractivity (Wildman–Crippen MR) is 488 cm³/mol. The SMILES string of the molecule is Cc1ccccc1.Cc1ccccc1.Cc1ccccc1.Cc1ccccc1.Cc1ccccc1.Cc1ccccc1.Cc1ccccc1.Cc1ccccn1.Cc1cccnc1.Cc1ccncc1.Cc1ccncn1.Cc1ccncn1.Cc1cncnc1.Cc1cncnc1.Cc1ncccn1.Cc1ncncn1.Cc1ncncn1. The van der Waals surface area contributed by atoms with Gasteiger partial charge in [0, 0.05) is 97.6 Å². The molecule has 0 spiro atoms. The molecule has 0 bridgehead atoms. The quantitative estimate of drug-likeness (QED) is 0.137. The Labute approximate surface area is 708 Å². The van der Waals surface area contributed by atoms with Gasteiger partial charge in [0.15, 0.2) is 0 Å². The molecule has 0 radical (unpaired) electrons. The van der Waals surface area contributed by atoms with Crippen molar-refractivity contribution in [2.75, 3.05) is 0 Å². The molecule has 17 aromatic rings. The van der Waals surface area contributed by atoms with Crippen molar-refractivity contribution in [3.05, 3.63) is 500 Å². The van der Waals surface area contributed by atoms with E-state index >= 15 is 0 Å². The van der Waals surface area contributed by atoms with Crippen molar-refractivity contribution in [3.63, 3.8) is 0 Å². The summed E-state index contributed by atoms with van der Waals surface area (Å²) in [6.07, 6.45) is 35.0. The molecule has 612 valence electrons. The van der Waals surface area contributed by atoms with Gasteiger partial charge in [-0.05, 0) is 188 Å². The molecule has 0 aliphatic carbocycles. The molecule has 0 unspecified atom stereocenters. The normalized spacial score (nSPS) is 8.71. The molecule has 0 aliphatic heterocycles. The molecule has 0 aliphatic rings. The fraction of sp³-hybridized carbons (Fsp3) is 0.170. The summed E-state index contributed by atoms with van der Waals surface area (Å²) in [6.45, 7) is 33.9. The predicted octanol–water partition coefficient (Wildman–Crippen LogP) is 22.4. The maximum atomic E-state index is 3.98. The van der Waals surface area contributed by atoms with Gasteiger partial charge in [0.1, 0.15) is 68.1 Å². The lowest BCUT2D eigenvalue weighted by molar-refractivity contribution is 0.973. The average Bonchev–Trinajstić information content (AvgIpc) is 3.97. The molecule has 0 amide bonds. The van der Waals surface area contributed by atoms with Crippen molar-refractivity contribution in [1.82, 2.24) is 94.7 Å². The fourth-order valence-corrected chi connectivity index (χ4v) is 7.49. The maximum absolute atomic E-state index is 3.98. The summed E-state index contributed by atoms with van der Waals surface area (Å²) in [5.41, 5.74) is 17.0. The fourth-order valence-electron chi connectivity index (χ4n) is 7.49. The number of hydrogen-bond donors (Lipinski definition) is 0. The highest BCUT2D eigenvalue weighted by Gasteiger charge is 1.84. The topological polar surface area (TPSA) is 245 Å². The van der Waals surface area contributed by atoms with E-state index in [0.29, 0.717) is 0 Å². The summed E-state index contributed by atoms with van der Waals surface area (Å²) >= 11 is 0. The van der Waals surface area contributed by atoms with E-state index in [1.165, 1.54) is 101 Å². The number of hydrogen-bond acceptors (Lipinski definition) is 19. The Kier molecular flexibility index (Phi) is 63.3. The molecule has 0 fully saturated rings. The van der Waals surface area contributed by atoms with Crippen LogP contribution >= 0.6 is 0 Å². The summed E-state index contributed by atoms with van der Waals surface area (Å²) in [7, 11) is 0. The summed E-state index contributed by atoms with van der Waals surface area (Å²) in [5.74, 6) is 2.34. The van der Waals surface area contributed by atoms with Gasteiger partial charge in [0.25, 0.3) is 0 Å². The minimum Gasteiger partial charge on any atom is -0.265 e. The third-order valence-electron chi connectivity index (χ3n) is 13.8. The van der Waals surface area contributed by atoms with E-state index in [-0.39, 0.29) is 0 Å². The molecular formula is C100H117N19. The standard InChI is InChI=1S/7C7H8.3C6H7N.5C5H6N2.2C4H5N3/c7*1-7-5-3-2-4-6-7;1-6-2-4-7-5-3-6;1-6-3-2-4-7-5-6;1-6-4-2-3-5-7-6;2*1-5-2-6-4-7-3-5;2*1-5-2-3-6-4-7-5;1-5-6-3-2-4-7-5;2*1-4-6-2-5-3-7-4/h7*2-6H,1H3;3*2-5H,1H3;5*2-4H,1H3;2*2-3H,1H3. The van der Waals surface area contributed by atoms with Crippen molar-refractivity contribution in [2.45, 2.75) is 118 Å². The van der Waals surface area contributed by atoms with Crippen LogP contribution in [0.15, 0.2) is 404 Å². The van der Waals surface area contributed by atoms with E-state index in [4.69, 9.17) is 0 Å². The third-order valence-corrected chi connectivity index (χ3v) is 13.8. The Hall–Kier alpha value is -14.6. The summed E-state index contributed by atoms with van der Waals surface area (Å²) in [4.78, 5) is 72.0. The lowest BCUT2D eigenvalue weighted by atomic mass is 10.2. The first kappa shape index (κ1) is 102. The Morgan fingerprint density at radius 3 is 0.504 bits per heavy atom. The zero-order valence-corrected chi connectivity index (χ0v) is 72.1. The van der Waals surface area contributed by atoms with Crippen LogP contribution in [0.2, 0.25) is 0 Å². The Morgan fingerprint density at radius 2 is 0.370 bits per heavy atom. The highest BCUT2D eigenvalue weighted by molar-refractivity contribution is 5.17. The van der Waals surface area contributed by atoms with Crippen LogP contribution < -0.4 is 0 Å². The van der Waals surface area contributed by atoms with Gasteiger partial charge in [-0.1, -0.05) is 263 Å². The van der Waals surface area contributed by atoms with E-state index in [9.17, 15) is 0 Å². The minimum atomic E-state index is 0.759. The molecule has 0 saturated carbocycles. The van der Waals surface area contributed by atoms with Crippen LogP contribution in [0.4, 0.5) is 0 Å². The highest BCUT2D eigenvalue weighted by atomic mass is 15.0. The molecule has 0 atom stereocenters. The van der Waals surface area contributed by atoms with Gasteiger partial charge in [-0.25, -0.2) is 79.7 Å². The minimum absolute atomic E-state index is 0.759. The molecule has 19 nitrogen and oxygen atoms in total. The van der Waals surface area contributed by atoms with E-state index in [0.717, 1.165) is 45.7 Å². The van der Waals surface area contributed by atoms with E-state index < -0.39 is 0 Å². The zero-order valence-electron chi connectivity index (χ0n) is 72.1. The average molecular weight is 1590 g/mol. The third kappa shape index (κ3) is 72.1. The van der Waals surface area contributed by atoms with Crippen molar-refractivity contribution < 1.29 is 0 Å². The molecule has 7 aromatic carbocycles. The number of pyridine rings is 3. The van der Waals surface area contributed by atoms with Gasteiger partial charge in [0.05, 0.1) is 0 Å².